The topological polar surface area (TPSA) is 109 Å². The number of nitro benzene ring substituents is 1. The zero-order valence-electron chi connectivity index (χ0n) is 13.7. The molecule has 8 nitrogen and oxygen atoms in total. The summed E-state index contributed by atoms with van der Waals surface area (Å²) in [7, 11) is 0. The molecule has 0 saturated carbocycles. The van der Waals surface area contributed by atoms with E-state index in [1.165, 1.54) is 18.3 Å². The third kappa shape index (κ3) is 4.92. The molecule has 0 radical (unpaired) electrons. The first-order valence-electron chi connectivity index (χ1n) is 7.57. The molecule has 1 N–H and O–H groups in total. The van der Waals surface area contributed by atoms with Gasteiger partial charge in [-0.05, 0) is 19.9 Å². The number of amides is 1. The number of hydrogen-bond acceptors (Lipinski definition) is 6. The maximum atomic E-state index is 12.3. The van der Waals surface area contributed by atoms with Crippen LogP contribution in [0.1, 0.15) is 13.8 Å². The number of nitrogens with zero attached hydrogens (tertiary/aromatic N) is 3. The molecule has 132 valence electrons. The molecule has 1 aliphatic rings. The van der Waals surface area contributed by atoms with E-state index >= 15 is 0 Å². The van der Waals surface area contributed by atoms with Crippen LogP contribution in [0.4, 0.5) is 11.4 Å². The second-order valence-corrected chi connectivity index (χ2v) is 6.15. The van der Waals surface area contributed by atoms with Gasteiger partial charge in [0.25, 0.3) is 11.6 Å². The summed E-state index contributed by atoms with van der Waals surface area (Å²) in [5.74, 6) is -0.684. The molecule has 2 unspecified atom stereocenters. The molecule has 2 rings (SSSR count). The van der Waals surface area contributed by atoms with E-state index < -0.39 is 10.8 Å². The fourth-order valence-corrected chi connectivity index (χ4v) is 2.72. The number of non-ortho nitro benzene ring substituents is 1. The summed E-state index contributed by atoms with van der Waals surface area (Å²) in [6.45, 7) is 4.93. The van der Waals surface area contributed by atoms with Gasteiger partial charge in [-0.25, -0.2) is 0 Å². The first-order valence-corrected chi connectivity index (χ1v) is 7.94. The van der Waals surface area contributed by atoms with Crippen molar-refractivity contribution in [2.45, 2.75) is 26.1 Å². The number of anilines is 1. The molecule has 9 heteroatoms. The summed E-state index contributed by atoms with van der Waals surface area (Å²) in [6, 6.07) is 5.54. The minimum Gasteiger partial charge on any atom is -0.372 e. The Morgan fingerprint density at radius 2 is 2.12 bits per heavy atom. The van der Waals surface area contributed by atoms with Crippen molar-refractivity contribution in [2.75, 3.05) is 18.4 Å². The molecule has 1 amide bonds. The van der Waals surface area contributed by atoms with Crippen LogP contribution in [-0.2, 0) is 9.53 Å². The van der Waals surface area contributed by atoms with E-state index in [2.05, 4.69) is 5.32 Å². The summed E-state index contributed by atoms with van der Waals surface area (Å²) in [6.07, 6.45) is 1.43. The second kappa shape index (κ2) is 7.96. The van der Waals surface area contributed by atoms with Crippen LogP contribution < -0.4 is 5.32 Å². The van der Waals surface area contributed by atoms with Crippen molar-refractivity contribution in [1.29, 1.82) is 5.26 Å². The Hall–Kier alpha value is -2.63. The lowest BCUT2D eigenvalue weighted by Gasteiger charge is -2.34. The number of halogens is 1. The van der Waals surface area contributed by atoms with Crippen molar-refractivity contribution in [3.8, 4) is 6.07 Å². The standard InChI is InChI=1S/C16H17ClN4O4/c1-10-7-20(8-11(2)25-10)9-12(6-18)16(22)19-15-5-13(21(23)24)3-4-14(15)17/h3-5,9-11H,7-8H2,1-2H3,(H,19,22)/b12-9-. The Labute approximate surface area is 149 Å². The van der Waals surface area contributed by atoms with Crippen LogP contribution in [-0.4, -0.2) is 41.0 Å². The molecule has 1 fully saturated rings. The van der Waals surface area contributed by atoms with Gasteiger partial charge in [0.15, 0.2) is 0 Å². The smallest absolute Gasteiger partial charge is 0.271 e. The molecule has 1 saturated heterocycles. The number of carbonyl (C=O) groups excluding carboxylic acids is 1. The summed E-state index contributed by atoms with van der Waals surface area (Å²) in [5, 5.41) is 22.7. The number of nitrogens with one attached hydrogen (secondary N) is 1. The molecular formula is C16H17ClN4O4. The first kappa shape index (κ1) is 18.7. The van der Waals surface area contributed by atoms with E-state index in [0.29, 0.717) is 13.1 Å². The van der Waals surface area contributed by atoms with E-state index in [9.17, 15) is 20.2 Å². The van der Waals surface area contributed by atoms with Gasteiger partial charge in [0.2, 0.25) is 0 Å². The van der Waals surface area contributed by atoms with Gasteiger partial charge in [-0.3, -0.25) is 14.9 Å². The second-order valence-electron chi connectivity index (χ2n) is 5.74. The molecule has 1 aliphatic heterocycles. The quantitative estimate of drug-likeness (QED) is 0.381. The maximum absolute atomic E-state index is 12.3. The predicted molar refractivity (Wildman–Crippen MR) is 92.0 cm³/mol. The van der Waals surface area contributed by atoms with Crippen LogP contribution in [0.25, 0.3) is 0 Å². The van der Waals surface area contributed by atoms with E-state index in [1.807, 2.05) is 24.8 Å². The van der Waals surface area contributed by atoms with Crippen molar-refractivity contribution >= 4 is 28.9 Å². The van der Waals surface area contributed by atoms with Crippen LogP contribution in [0.3, 0.4) is 0 Å². The van der Waals surface area contributed by atoms with Crippen molar-refractivity contribution in [2.24, 2.45) is 0 Å². The van der Waals surface area contributed by atoms with Crippen LogP contribution >= 0.6 is 11.6 Å². The van der Waals surface area contributed by atoms with Crippen molar-refractivity contribution in [3.05, 3.63) is 45.1 Å². The van der Waals surface area contributed by atoms with Crippen LogP contribution in [0.5, 0.6) is 0 Å². The summed E-state index contributed by atoms with van der Waals surface area (Å²) < 4.78 is 5.60. The summed E-state index contributed by atoms with van der Waals surface area (Å²) in [5.41, 5.74) is -0.257. The lowest BCUT2D eigenvalue weighted by Crippen LogP contribution is -2.43. The maximum Gasteiger partial charge on any atom is 0.271 e. The van der Waals surface area contributed by atoms with Gasteiger partial charge in [0, 0.05) is 31.4 Å². The first-order chi connectivity index (χ1) is 11.8. The Kier molecular flexibility index (Phi) is 5.96. The number of morpholine rings is 1. The van der Waals surface area contributed by atoms with Crippen molar-refractivity contribution < 1.29 is 14.5 Å². The molecule has 0 aliphatic carbocycles. The SMILES string of the molecule is CC1CN(/C=C(/C#N)C(=O)Nc2cc([N+](=O)[O-])ccc2Cl)CC(C)O1. The lowest BCUT2D eigenvalue weighted by molar-refractivity contribution is -0.384. The van der Waals surface area contributed by atoms with Gasteiger partial charge >= 0.3 is 0 Å². The van der Waals surface area contributed by atoms with Crippen LogP contribution in [0.2, 0.25) is 5.02 Å². The molecule has 1 heterocycles. The molecular weight excluding hydrogens is 348 g/mol. The van der Waals surface area contributed by atoms with E-state index in [1.54, 1.807) is 0 Å². The molecule has 2 atom stereocenters. The highest BCUT2D eigenvalue weighted by Gasteiger charge is 2.22. The van der Waals surface area contributed by atoms with Gasteiger partial charge in [-0.15, -0.1) is 0 Å². The fourth-order valence-electron chi connectivity index (χ4n) is 2.56. The molecule has 1 aromatic rings. The number of nitriles is 1. The fraction of sp³-hybridized carbons (Fsp3) is 0.375. The largest absolute Gasteiger partial charge is 0.372 e. The molecule has 0 spiro atoms. The molecule has 25 heavy (non-hydrogen) atoms. The summed E-state index contributed by atoms with van der Waals surface area (Å²) >= 11 is 5.96. The van der Waals surface area contributed by atoms with Gasteiger partial charge in [0.1, 0.15) is 11.6 Å². The average Bonchev–Trinajstić information content (AvgIpc) is 2.53. The number of benzene rings is 1. The third-order valence-electron chi connectivity index (χ3n) is 3.53. The number of nitro groups is 1. The molecule has 1 aromatic carbocycles. The highest BCUT2D eigenvalue weighted by Crippen LogP contribution is 2.27. The Bertz CT molecular complexity index is 749. The average molecular weight is 365 g/mol. The normalized spacial score (nSPS) is 20.7. The minimum absolute atomic E-state index is 0.0192. The Morgan fingerprint density at radius 3 is 2.68 bits per heavy atom. The number of hydrogen-bond donors (Lipinski definition) is 1. The highest BCUT2D eigenvalue weighted by molar-refractivity contribution is 6.34. The predicted octanol–water partition coefficient (Wildman–Crippen LogP) is 2.70. The van der Waals surface area contributed by atoms with Gasteiger partial charge in [-0.2, -0.15) is 5.26 Å². The number of rotatable bonds is 4. The number of carbonyl (C=O) groups is 1. The van der Waals surface area contributed by atoms with Gasteiger partial charge in [0.05, 0.1) is 27.8 Å². The van der Waals surface area contributed by atoms with E-state index in [4.69, 9.17) is 16.3 Å². The summed E-state index contributed by atoms with van der Waals surface area (Å²) in [4.78, 5) is 24.4. The lowest BCUT2D eigenvalue weighted by atomic mass is 10.2. The molecule has 0 bridgehead atoms. The van der Waals surface area contributed by atoms with Crippen molar-refractivity contribution in [3.63, 3.8) is 0 Å². The van der Waals surface area contributed by atoms with Gasteiger partial charge < -0.3 is 15.0 Å². The zero-order chi connectivity index (χ0) is 18.6. The highest BCUT2D eigenvalue weighted by atomic mass is 35.5. The van der Waals surface area contributed by atoms with Gasteiger partial charge in [-0.1, -0.05) is 11.6 Å². The van der Waals surface area contributed by atoms with Crippen LogP contribution in [0, 0.1) is 21.4 Å². The zero-order valence-corrected chi connectivity index (χ0v) is 14.5. The monoisotopic (exact) mass is 364 g/mol. The van der Waals surface area contributed by atoms with Crippen LogP contribution in [0.15, 0.2) is 30.0 Å². The molecule has 0 aromatic heterocycles. The van der Waals surface area contributed by atoms with E-state index in [0.717, 1.165) is 6.07 Å². The number of ether oxygens (including phenoxy) is 1. The Balaban J connectivity index is 2.18. The Morgan fingerprint density at radius 1 is 1.48 bits per heavy atom. The van der Waals surface area contributed by atoms with Crippen molar-refractivity contribution in [1.82, 2.24) is 4.90 Å². The van der Waals surface area contributed by atoms with E-state index in [-0.39, 0.29) is 34.2 Å². The minimum atomic E-state index is -0.684. The third-order valence-corrected chi connectivity index (χ3v) is 3.86.